The zero-order valence-corrected chi connectivity index (χ0v) is 28.9. The summed E-state index contributed by atoms with van der Waals surface area (Å²) in [6.07, 6.45) is 3.51. The van der Waals surface area contributed by atoms with Gasteiger partial charge in [0.1, 0.15) is 27.8 Å². The van der Waals surface area contributed by atoms with Crippen LogP contribution in [0.3, 0.4) is 0 Å². The summed E-state index contributed by atoms with van der Waals surface area (Å²) in [7, 11) is -3.93. The van der Waals surface area contributed by atoms with E-state index < -0.39 is 27.8 Å². The number of hydrogen-bond acceptors (Lipinski definition) is 4. The Morgan fingerprint density at radius 3 is 1.03 bits per heavy atom. The normalized spacial score (nSPS) is 13.4. The van der Waals surface area contributed by atoms with E-state index in [1.54, 1.807) is 35.1 Å². The van der Waals surface area contributed by atoms with E-state index in [2.05, 4.69) is 83.1 Å². The van der Waals surface area contributed by atoms with Crippen molar-refractivity contribution in [3.05, 3.63) is 36.2 Å². The second-order valence-corrected chi connectivity index (χ2v) is 27.1. The predicted octanol–water partition coefficient (Wildman–Crippen LogP) is 9.98. The molecule has 0 aliphatic rings. The molecule has 3 rings (SSSR count). The summed E-state index contributed by atoms with van der Waals surface area (Å²) in [5.74, 6) is -0.810. The van der Waals surface area contributed by atoms with Crippen molar-refractivity contribution in [2.75, 3.05) is 0 Å². The molecule has 0 N–H and O–H groups in total. The summed E-state index contributed by atoms with van der Waals surface area (Å²) in [6.45, 7) is 27.5. The smallest absolute Gasteiger partial charge is 0.132 e. The van der Waals surface area contributed by atoms with Gasteiger partial charge in [-0.15, -0.1) is 22.7 Å². The molecule has 0 aliphatic carbocycles. The molecule has 8 heteroatoms. The third-order valence-electron chi connectivity index (χ3n) is 9.07. The van der Waals surface area contributed by atoms with Crippen LogP contribution in [0.1, 0.15) is 83.1 Å². The van der Waals surface area contributed by atoms with Crippen molar-refractivity contribution in [3.63, 3.8) is 0 Å². The molecule has 0 saturated carbocycles. The van der Waals surface area contributed by atoms with Crippen molar-refractivity contribution in [1.82, 2.24) is 9.97 Å². The van der Waals surface area contributed by atoms with Crippen LogP contribution < -0.4 is 9.26 Å². The Balaban J connectivity index is 2.07. The third kappa shape index (κ3) is 5.03. The molecule has 2 heterocycles. The van der Waals surface area contributed by atoms with Crippen LogP contribution in [0.15, 0.2) is 24.5 Å². The van der Waals surface area contributed by atoms with Gasteiger partial charge in [-0.25, -0.2) is 8.78 Å². The lowest BCUT2D eigenvalue weighted by atomic mass is 10.1. The molecule has 1 aromatic carbocycles. The van der Waals surface area contributed by atoms with Gasteiger partial charge in [0.15, 0.2) is 0 Å². The first-order chi connectivity index (χ1) is 17.6. The maximum absolute atomic E-state index is 15.6. The first-order valence-corrected chi connectivity index (χ1v) is 20.1. The van der Waals surface area contributed by atoms with Crippen LogP contribution in [0, 0.1) is 11.6 Å². The van der Waals surface area contributed by atoms with Crippen LogP contribution in [-0.4, -0.2) is 26.1 Å². The fourth-order valence-corrected chi connectivity index (χ4v) is 26.8. The van der Waals surface area contributed by atoms with Crippen molar-refractivity contribution < 1.29 is 8.78 Å². The Kier molecular flexibility index (Phi) is 9.65. The van der Waals surface area contributed by atoms with Crippen LogP contribution in [0.4, 0.5) is 8.78 Å². The molecule has 0 amide bonds. The summed E-state index contributed by atoms with van der Waals surface area (Å²) in [5, 5.41) is 0. The molecule has 0 spiro atoms. The molecule has 0 bridgehead atoms. The van der Waals surface area contributed by atoms with E-state index in [0.717, 1.165) is 9.26 Å². The van der Waals surface area contributed by atoms with Crippen LogP contribution >= 0.6 is 22.7 Å². The Hall–Kier alpha value is -1.23. The van der Waals surface area contributed by atoms with Crippen LogP contribution in [0.2, 0.25) is 33.2 Å². The van der Waals surface area contributed by atoms with Gasteiger partial charge in [0.05, 0.1) is 19.0 Å². The molecule has 0 saturated heterocycles. The quantitative estimate of drug-likeness (QED) is 0.219. The third-order valence-corrected chi connectivity index (χ3v) is 26.7. The lowest BCUT2D eigenvalue weighted by molar-refractivity contribution is 0.606. The predicted molar refractivity (Wildman–Crippen MR) is 170 cm³/mol. The lowest BCUT2D eigenvalue weighted by Gasteiger charge is -2.41. The summed E-state index contributed by atoms with van der Waals surface area (Å²) in [5.41, 5.74) is 3.62. The van der Waals surface area contributed by atoms with Crippen molar-refractivity contribution in [2.24, 2.45) is 0 Å². The average molecular weight is 593 g/mol. The van der Waals surface area contributed by atoms with Gasteiger partial charge in [-0.1, -0.05) is 83.1 Å². The zero-order valence-electron chi connectivity index (χ0n) is 25.2. The van der Waals surface area contributed by atoms with Crippen LogP contribution in [-0.2, 0) is 0 Å². The minimum atomic E-state index is -1.97. The number of rotatable bonds is 10. The van der Waals surface area contributed by atoms with E-state index in [-0.39, 0.29) is 0 Å². The Bertz CT molecular complexity index is 1110. The molecule has 210 valence electrons. The number of thiazole rings is 2. The summed E-state index contributed by atoms with van der Waals surface area (Å²) in [6, 6.07) is 2.73. The Morgan fingerprint density at radius 1 is 0.526 bits per heavy atom. The van der Waals surface area contributed by atoms with Crippen molar-refractivity contribution in [1.29, 1.82) is 0 Å². The Labute approximate surface area is 239 Å². The maximum Gasteiger partial charge on any atom is 0.132 e. The monoisotopic (exact) mass is 592 g/mol. The summed E-state index contributed by atoms with van der Waals surface area (Å²) in [4.78, 5) is 11.1. The fourth-order valence-electron chi connectivity index (χ4n) is 7.60. The molecule has 0 atom stereocenters. The van der Waals surface area contributed by atoms with Gasteiger partial charge in [-0.3, -0.25) is 9.97 Å². The Morgan fingerprint density at radius 2 is 0.789 bits per heavy atom. The van der Waals surface area contributed by atoms with Crippen molar-refractivity contribution in [3.8, 4) is 20.9 Å². The number of nitrogens with zero attached hydrogens (tertiary/aromatic N) is 2. The van der Waals surface area contributed by atoms with Gasteiger partial charge in [-0.05, 0) is 45.4 Å². The standard InChI is InChI=1S/C30H46F2N2S2Si2/c1-17(2)37(18(3)4,19(5)6)29-33-15-27(35-29)23-13-26(32)24(14-25(23)31)28-16-34-30(36-28)38(20(7)8,21(9)10)22(11)12/h13-22H,1-12H3. The highest BCUT2D eigenvalue weighted by molar-refractivity contribution is 7.29. The van der Waals surface area contributed by atoms with E-state index in [4.69, 9.17) is 9.97 Å². The van der Waals surface area contributed by atoms with E-state index in [1.165, 1.54) is 12.1 Å². The highest BCUT2D eigenvalue weighted by Crippen LogP contribution is 2.44. The minimum absolute atomic E-state index is 0.300. The fraction of sp³-hybridized carbons (Fsp3) is 0.600. The number of halogens is 2. The largest absolute Gasteiger partial charge is 0.254 e. The number of hydrogen-bond donors (Lipinski definition) is 0. The lowest BCUT2D eigenvalue weighted by Crippen LogP contribution is -2.55. The highest BCUT2D eigenvalue weighted by atomic mass is 32.1. The van der Waals surface area contributed by atoms with Crippen LogP contribution in [0.5, 0.6) is 0 Å². The van der Waals surface area contributed by atoms with Crippen LogP contribution in [0.25, 0.3) is 20.9 Å². The SMILES string of the molecule is CC(C)[Si](c1ncc(-c2cc(F)c(-c3cnc([Si](C(C)C)(C(C)C)C(C)C)s3)cc2F)s1)(C(C)C)C(C)C. The van der Waals surface area contributed by atoms with E-state index in [0.29, 0.717) is 54.1 Å². The first kappa shape index (κ1) is 31.3. The second-order valence-electron chi connectivity index (χ2n) is 12.7. The molecule has 2 aromatic heterocycles. The molecular weight excluding hydrogens is 547 g/mol. The molecule has 0 fully saturated rings. The van der Waals surface area contributed by atoms with Gasteiger partial charge < -0.3 is 0 Å². The molecule has 3 aromatic rings. The summed E-state index contributed by atoms with van der Waals surface area (Å²) < 4.78 is 33.5. The topological polar surface area (TPSA) is 25.8 Å². The van der Waals surface area contributed by atoms with E-state index in [1.807, 2.05) is 0 Å². The van der Waals surface area contributed by atoms with Gasteiger partial charge in [0, 0.05) is 23.5 Å². The molecule has 0 radical (unpaired) electrons. The molecule has 0 aliphatic heterocycles. The number of aromatic nitrogens is 2. The zero-order chi connectivity index (χ0) is 28.7. The van der Waals surface area contributed by atoms with Gasteiger partial charge in [-0.2, -0.15) is 0 Å². The minimum Gasteiger partial charge on any atom is -0.254 e. The first-order valence-electron chi connectivity index (χ1n) is 14.1. The number of benzene rings is 1. The molecule has 0 unspecified atom stereocenters. The molecule has 2 nitrogen and oxygen atoms in total. The van der Waals surface area contributed by atoms with E-state index >= 15 is 8.78 Å². The van der Waals surface area contributed by atoms with E-state index in [9.17, 15) is 0 Å². The van der Waals surface area contributed by atoms with Crippen molar-refractivity contribution >= 4 is 48.1 Å². The molecular formula is C30H46F2N2S2Si2. The maximum atomic E-state index is 15.6. The highest BCUT2D eigenvalue weighted by Gasteiger charge is 2.48. The second kappa shape index (κ2) is 11.7. The van der Waals surface area contributed by atoms with Crippen molar-refractivity contribution in [2.45, 2.75) is 116 Å². The van der Waals surface area contributed by atoms with Gasteiger partial charge in [0.2, 0.25) is 0 Å². The average Bonchev–Trinajstić information content (AvgIpc) is 3.45. The summed E-state index contributed by atoms with van der Waals surface area (Å²) >= 11 is 3.12. The van der Waals surface area contributed by atoms with Gasteiger partial charge >= 0.3 is 0 Å². The molecule has 38 heavy (non-hydrogen) atoms. The van der Waals surface area contributed by atoms with Gasteiger partial charge in [0.25, 0.3) is 0 Å².